The first-order chi connectivity index (χ1) is 7.65. The summed E-state index contributed by atoms with van der Waals surface area (Å²) in [6.07, 6.45) is 4.40. The molecule has 1 aliphatic carbocycles. The molecule has 1 aromatic heterocycles. The molecule has 1 heterocycles. The Labute approximate surface area is 93.9 Å². The van der Waals surface area contributed by atoms with Crippen molar-refractivity contribution in [3.05, 3.63) is 11.9 Å². The number of rotatable bonds is 6. The lowest BCUT2D eigenvalue weighted by Crippen LogP contribution is -2.28. The van der Waals surface area contributed by atoms with Gasteiger partial charge in [-0.15, -0.1) is 5.10 Å². The van der Waals surface area contributed by atoms with Gasteiger partial charge in [0.25, 0.3) is 0 Å². The summed E-state index contributed by atoms with van der Waals surface area (Å²) in [5, 5.41) is 16.6. The van der Waals surface area contributed by atoms with E-state index in [9.17, 15) is 4.79 Å². The smallest absolute Gasteiger partial charge is 0.304 e. The van der Waals surface area contributed by atoms with Crippen molar-refractivity contribution in [3.63, 3.8) is 0 Å². The van der Waals surface area contributed by atoms with Gasteiger partial charge in [-0.1, -0.05) is 5.21 Å². The summed E-state index contributed by atoms with van der Waals surface area (Å²) in [6.45, 7) is 1.29. The zero-order chi connectivity index (χ0) is 11.5. The molecule has 6 heteroatoms. The van der Waals surface area contributed by atoms with E-state index in [1.807, 2.05) is 13.2 Å². The molecule has 2 rings (SSSR count). The van der Waals surface area contributed by atoms with E-state index in [4.69, 9.17) is 5.11 Å². The van der Waals surface area contributed by atoms with Gasteiger partial charge >= 0.3 is 5.97 Å². The Hall–Kier alpha value is -1.43. The van der Waals surface area contributed by atoms with Gasteiger partial charge < -0.3 is 5.11 Å². The van der Waals surface area contributed by atoms with Crippen LogP contribution in [0, 0.1) is 0 Å². The van der Waals surface area contributed by atoms with Crippen molar-refractivity contribution in [3.8, 4) is 0 Å². The number of hydrogen-bond acceptors (Lipinski definition) is 4. The predicted octanol–water partition coefficient (Wildman–Crippen LogP) is 0.254. The number of aliphatic carboxylic acids is 1. The van der Waals surface area contributed by atoms with E-state index in [-0.39, 0.29) is 6.42 Å². The van der Waals surface area contributed by atoms with Gasteiger partial charge in [-0.05, 0) is 12.8 Å². The number of carboxylic acid groups (broad SMARTS) is 1. The van der Waals surface area contributed by atoms with Gasteiger partial charge in [-0.3, -0.25) is 14.4 Å². The first-order valence-electron chi connectivity index (χ1n) is 5.46. The maximum absolute atomic E-state index is 10.5. The molecule has 1 fully saturated rings. The summed E-state index contributed by atoms with van der Waals surface area (Å²) in [5.41, 5.74) is 0.903. The summed E-state index contributed by atoms with van der Waals surface area (Å²) in [6, 6.07) is 0.543. The van der Waals surface area contributed by atoms with E-state index in [1.165, 1.54) is 12.8 Å². The molecular weight excluding hydrogens is 208 g/mol. The Morgan fingerprint density at radius 2 is 2.44 bits per heavy atom. The Morgan fingerprint density at radius 3 is 2.94 bits per heavy atom. The average molecular weight is 224 g/mol. The normalized spacial score (nSPS) is 15.6. The van der Waals surface area contributed by atoms with Gasteiger partial charge in [0, 0.05) is 32.4 Å². The van der Waals surface area contributed by atoms with Crippen LogP contribution in [0.2, 0.25) is 0 Å². The highest BCUT2D eigenvalue weighted by molar-refractivity contribution is 5.66. The van der Waals surface area contributed by atoms with Crippen molar-refractivity contribution < 1.29 is 9.90 Å². The second-order valence-corrected chi connectivity index (χ2v) is 4.23. The fraction of sp³-hybridized carbons (Fsp3) is 0.700. The van der Waals surface area contributed by atoms with E-state index in [0.717, 1.165) is 5.69 Å². The van der Waals surface area contributed by atoms with E-state index in [1.54, 1.807) is 4.68 Å². The second kappa shape index (κ2) is 4.61. The Bertz CT molecular complexity index is 373. The standard InChI is InChI=1S/C10H16N4O2/c1-13-6-8(11-12-13)7-14(9-2-3-9)5-4-10(15)16/h6,9H,2-5,7H2,1H3,(H,15,16). The lowest BCUT2D eigenvalue weighted by molar-refractivity contribution is -0.137. The van der Waals surface area contributed by atoms with Gasteiger partial charge in [-0.2, -0.15) is 0 Å². The van der Waals surface area contributed by atoms with Crippen LogP contribution in [-0.4, -0.2) is 43.6 Å². The molecular formula is C10H16N4O2. The van der Waals surface area contributed by atoms with Crippen molar-refractivity contribution in [1.29, 1.82) is 0 Å². The molecule has 88 valence electrons. The van der Waals surface area contributed by atoms with Gasteiger partial charge in [0.2, 0.25) is 0 Å². The van der Waals surface area contributed by atoms with E-state index >= 15 is 0 Å². The van der Waals surface area contributed by atoms with E-state index in [0.29, 0.717) is 19.1 Å². The van der Waals surface area contributed by atoms with Crippen LogP contribution in [0.3, 0.4) is 0 Å². The largest absolute Gasteiger partial charge is 0.481 e. The molecule has 0 radical (unpaired) electrons. The molecule has 0 spiro atoms. The summed E-state index contributed by atoms with van der Waals surface area (Å²) < 4.78 is 1.66. The molecule has 6 nitrogen and oxygen atoms in total. The number of carboxylic acids is 1. The highest BCUT2D eigenvalue weighted by Gasteiger charge is 2.29. The highest BCUT2D eigenvalue weighted by atomic mass is 16.4. The van der Waals surface area contributed by atoms with Crippen molar-refractivity contribution in [2.45, 2.75) is 31.8 Å². The number of aromatic nitrogens is 3. The van der Waals surface area contributed by atoms with Crippen LogP contribution in [0.4, 0.5) is 0 Å². The monoisotopic (exact) mass is 224 g/mol. The molecule has 16 heavy (non-hydrogen) atoms. The molecule has 0 bridgehead atoms. The summed E-state index contributed by atoms with van der Waals surface area (Å²) in [7, 11) is 1.83. The topological polar surface area (TPSA) is 71.2 Å². The minimum atomic E-state index is -0.746. The zero-order valence-corrected chi connectivity index (χ0v) is 9.33. The first kappa shape index (κ1) is 11.1. The number of carbonyl (C=O) groups is 1. The molecule has 0 unspecified atom stereocenters. The van der Waals surface area contributed by atoms with Gasteiger partial charge in [0.1, 0.15) is 0 Å². The summed E-state index contributed by atoms with van der Waals surface area (Å²) in [5.74, 6) is -0.746. The Morgan fingerprint density at radius 1 is 1.69 bits per heavy atom. The fourth-order valence-electron chi connectivity index (χ4n) is 1.75. The molecule has 0 amide bonds. The quantitative estimate of drug-likeness (QED) is 0.750. The maximum Gasteiger partial charge on any atom is 0.304 e. The third-order valence-corrected chi connectivity index (χ3v) is 2.69. The Balaban J connectivity index is 1.89. The lowest BCUT2D eigenvalue weighted by Gasteiger charge is -2.19. The third kappa shape index (κ3) is 3.03. The van der Waals surface area contributed by atoms with E-state index in [2.05, 4.69) is 15.2 Å². The van der Waals surface area contributed by atoms with Crippen molar-refractivity contribution in [2.24, 2.45) is 7.05 Å². The van der Waals surface area contributed by atoms with Gasteiger partial charge in [0.15, 0.2) is 0 Å². The highest BCUT2D eigenvalue weighted by Crippen LogP contribution is 2.27. The van der Waals surface area contributed by atoms with Crippen LogP contribution < -0.4 is 0 Å². The molecule has 0 atom stereocenters. The van der Waals surface area contributed by atoms with Gasteiger partial charge in [0.05, 0.1) is 12.1 Å². The average Bonchev–Trinajstić information content (AvgIpc) is 2.98. The van der Waals surface area contributed by atoms with Crippen LogP contribution in [0.25, 0.3) is 0 Å². The Kier molecular flexibility index (Phi) is 3.19. The summed E-state index contributed by atoms with van der Waals surface area (Å²) >= 11 is 0. The SMILES string of the molecule is Cn1cc(CN(CCC(=O)O)C2CC2)nn1. The van der Waals surface area contributed by atoms with Crippen LogP contribution in [0.15, 0.2) is 6.20 Å². The minimum Gasteiger partial charge on any atom is -0.481 e. The second-order valence-electron chi connectivity index (χ2n) is 4.23. The molecule has 1 aromatic rings. The van der Waals surface area contributed by atoms with E-state index < -0.39 is 5.97 Å². The molecule has 1 aliphatic rings. The van der Waals surface area contributed by atoms with Gasteiger partial charge in [-0.25, -0.2) is 0 Å². The molecule has 0 aromatic carbocycles. The van der Waals surface area contributed by atoms with Crippen LogP contribution in [0.1, 0.15) is 25.0 Å². The number of nitrogens with zero attached hydrogens (tertiary/aromatic N) is 4. The minimum absolute atomic E-state index is 0.191. The first-order valence-corrected chi connectivity index (χ1v) is 5.46. The molecule has 1 saturated carbocycles. The fourth-order valence-corrected chi connectivity index (χ4v) is 1.75. The summed E-state index contributed by atoms with van der Waals surface area (Å²) in [4.78, 5) is 12.7. The molecule has 0 saturated heterocycles. The maximum atomic E-state index is 10.5. The number of hydrogen-bond donors (Lipinski definition) is 1. The van der Waals surface area contributed by atoms with Crippen molar-refractivity contribution in [2.75, 3.05) is 6.54 Å². The van der Waals surface area contributed by atoms with Crippen molar-refractivity contribution in [1.82, 2.24) is 19.9 Å². The number of aryl methyl sites for hydroxylation is 1. The predicted molar refractivity (Wildman–Crippen MR) is 56.7 cm³/mol. The van der Waals surface area contributed by atoms with Crippen LogP contribution >= 0.6 is 0 Å². The van der Waals surface area contributed by atoms with Crippen molar-refractivity contribution >= 4 is 5.97 Å². The molecule has 1 N–H and O–H groups in total. The lowest BCUT2D eigenvalue weighted by atomic mass is 10.3. The van der Waals surface area contributed by atoms with Crippen LogP contribution in [0.5, 0.6) is 0 Å². The third-order valence-electron chi connectivity index (χ3n) is 2.69. The molecule has 0 aliphatic heterocycles. The zero-order valence-electron chi connectivity index (χ0n) is 9.33. The van der Waals surface area contributed by atoms with Crippen LogP contribution in [-0.2, 0) is 18.4 Å².